The molecule has 0 radical (unpaired) electrons. The second-order valence-electron chi connectivity index (χ2n) is 7.87. The number of amides is 1. The molecule has 1 fully saturated rings. The van der Waals surface area contributed by atoms with E-state index >= 15 is 0 Å². The van der Waals surface area contributed by atoms with Gasteiger partial charge in [-0.2, -0.15) is 9.40 Å². The van der Waals surface area contributed by atoms with Gasteiger partial charge in [0.1, 0.15) is 4.90 Å². The Morgan fingerprint density at radius 2 is 2.07 bits per heavy atom. The number of rotatable bonds is 5. The summed E-state index contributed by atoms with van der Waals surface area (Å²) in [5.41, 5.74) is 1.49. The second kappa shape index (κ2) is 8.10. The number of likely N-dealkylation sites (tertiary alicyclic amines) is 1. The van der Waals surface area contributed by atoms with Crippen LogP contribution in [0.25, 0.3) is 5.69 Å². The van der Waals surface area contributed by atoms with Crippen molar-refractivity contribution < 1.29 is 17.9 Å². The number of carbonyl (C=O) groups excluding carboxylic acids is 1. The number of aromatic nitrogens is 2. The summed E-state index contributed by atoms with van der Waals surface area (Å²) in [7, 11) is 1.81. The molecule has 0 N–H and O–H groups in total. The van der Waals surface area contributed by atoms with Crippen molar-refractivity contribution in [1.82, 2.24) is 23.9 Å². The number of carbonyl (C=O) groups is 1. The number of benzene rings is 1. The van der Waals surface area contributed by atoms with Crippen molar-refractivity contribution >= 4 is 15.9 Å². The number of ether oxygens (including phenoxy) is 1. The molecule has 0 saturated carbocycles. The molecule has 2 aliphatic rings. The molecule has 30 heavy (non-hydrogen) atoms. The van der Waals surface area contributed by atoms with Gasteiger partial charge in [-0.15, -0.1) is 0 Å². The third-order valence-electron chi connectivity index (χ3n) is 5.86. The minimum Gasteiger partial charge on any atom is -0.383 e. The van der Waals surface area contributed by atoms with Gasteiger partial charge in [0, 0.05) is 32.8 Å². The average molecular weight is 434 g/mol. The maximum Gasteiger partial charge on any atom is 0.257 e. The molecule has 1 saturated heterocycles. The number of fused-ring (bicyclic) bond motifs is 3. The van der Waals surface area contributed by atoms with Crippen LogP contribution in [-0.4, -0.2) is 91.7 Å². The van der Waals surface area contributed by atoms with Crippen LogP contribution < -0.4 is 0 Å². The fourth-order valence-corrected chi connectivity index (χ4v) is 5.62. The zero-order valence-electron chi connectivity index (χ0n) is 17.5. The average Bonchev–Trinajstić information content (AvgIpc) is 3.36. The van der Waals surface area contributed by atoms with Gasteiger partial charge in [0.15, 0.2) is 0 Å². The lowest BCUT2D eigenvalue weighted by molar-refractivity contribution is 0.0781. The first-order chi connectivity index (χ1) is 14.3. The summed E-state index contributed by atoms with van der Waals surface area (Å²) in [6, 6.07) is 7.08. The van der Waals surface area contributed by atoms with Crippen molar-refractivity contribution in [2.45, 2.75) is 23.9 Å². The molecule has 1 aromatic carbocycles. The van der Waals surface area contributed by atoms with Gasteiger partial charge < -0.3 is 14.5 Å². The van der Waals surface area contributed by atoms with E-state index in [0.717, 1.165) is 6.42 Å². The monoisotopic (exact) mass is 433 g/mol. The molecule has 0 aliphatic carbocycles. The molecule has 162 valence electrons. The van der Waals surface area contributed by atoms with Crippen LogP contribution in [0.1, 0.15) is 22.5 Å². The molecule has 0 bridgehead atoms. The molecule has 1 aromatic heterocycles. The van der Waals surface area contributed by atoms with Crippen molar-refractivity contribution in [3.63, 3.8) is 0 Å². The normalized spacial score (nSPS) is 20.8. The van der Waals surface area contributed by atoms with Gasteiger partial charge in [-0.1, -0.05) is 12.1 Å². The lowest BCUT2D eigenvalue weighted by atomic mass is 10.2. The second-order valence-corrected chi connectivity index (χ2v) is 9.78. The summed E-state index contributed by atoms with van der Waals surface area (Å²) in [5.74, 6) is -0.107. The smallest absolute Gasteiger partial charge is 0.257 e. The highest BCUT2D eigenvalue weighted by Crippen LogP contribution is 2.31. The largest absolute Gasteiger partial charge is 0.383 e. The van der Waals surface area contributed by atoms with Crippen LogP contribution in [0.3, 0.4) is 0 Å². The van der Waals surface area contributed by atoms with Crippen molar-refractivity contribution in [1.29, 1.82) is 0 Å². The Labute approximate surface area is 176 Å². The van der Waals surface area contributed by atoms with Gasteiger partial charge in [0.05, 0.1) is 36.3 Å². The first-order valence-electron chi connectivity index (χ1n) is 9.95. The van der Waals surface area contributed by atoms with Gasteiger partial charge in [0.2, 0.25) is 10.0 Å². The van der Waals surface area contributed by atoms with Crippen molar-refractivity contribution in [2.24, 2.45) is 0 Å². The SMILES string of the molecule is COCCN1Cc2c(C(=O)N3CCC(N(C)C)C3)cnn2-c2ccccc2S1(=O)=O. The summed E-state index contributed by atoms with van der Waals surface area (Å²) >= 11 is 0. The van der Waals surface area contributed by atoms with E-state index in [9.17, 15) is 13.2 Å². The Bertz CT molecular complexity index is 1050. The molecule has 0 spiro atoms. The number of nitrogens with zero attached hydrogens (tertiary/aromatic N) is 5. The number of sulfonamides is 1. The Kier molecular flexibility index (Phi) is 5.67. The van der Waals surface area contributed by atoms with Gasteiger partial charge in [-0.05, 0) is 32.6 Å². The lowest BCUT2D eigenvalue weighted by Crippen LogP contribution is -2.36. The van der Waals surface area contributed by atoms with E-state index in [-0.39, 0.29) is 30.5 Å². The Balaban J connectivity index is 1.76. The first-order valence-corrected chi connectivity index (χ1v) is 11.4. The van der Waals surface area contributed by atoms with Gasteiger partial charge in [-0.25, -0.2) is 13.1 Å². The fraction of sp³-hybridized carbons (Fsp3) is 0.500. The third kappa shape index (κ3) is 3.53. The van der Waals surface area contributed by atoms with E-state index in [2.05, 4.69) is 10.00 Å². The molecule has 2 aromatic rings. The highest BCUT2D eigenvalue weighted by Gasteiger charge is 2.36. The highest BCUT2D eigenvalue weighted by molar-refractivity contribution is 7.89. The van der Waals surface area contributed by atoms with E-state index in [1.165, 1.54) is 11.4 Å². The number of likely N-dealkylation sites (N-methyl/N-ethyl adjacent to an activating group) is 1. The van der Waals surface area contributed by atoms with Crippen LogP contribution in [0.5, 0.6) is 0 Å². The Morgan fingerprint density at radius 3 is 2.77 bits per heavy atom. The van der Waals surface area contributed by atoms with Crippen LogP contribution in [-0.2, 0) is 21.3 Å². The summed E-state index contributed by atoms with van der Waals surface area (Å²) < 4.78 is 34.6. The van der Waals surface area contributed by atoms with Crippen molar-refractivity contribution in [3.05, 3.63) is 41.7 Å². The van der Waals surface area contributed by atoms with E-state index in [1.54, 1.807) is 35.1 Å². The summed E-state index contributed by atoms with van der Waals surface area (Å²) in [6.45, 7) is 1.84. The standard InChI is InChI=1S/C20H27N5O4S/c1-22(2)15-8-9-23(13-15)20(26)16-12-21-25-17-6-4-5-7-19(17)30(27,28)24(10-11-29-3)14-18(16)25/h4-7,12,15H,8-11,13-14H2,1-3H3. The molecule has 1 amide bonds. The van der Waals surface area contributed by atoms with Crippen molar-refractivity contribution in [3.8, 4) is 5.69 Å². The fourth-order valence-electron chi connectivity index (χ4n) is 4.06. The molecular formula is C20H27N5O4S. The zero-order chi connectivity index (χ0) is 21.5. The molecular weight excluding hydrogens is 406 g/mol. The van der Waals surface area contributed by atoms with Crippen molar-refractivity contribution in [2.75, 3.05) is 47.4 Å². The van der Waals surface area contributed by atoms with Crippen LogP contribution in [0.4, 0.5) is 0 Å². The quantitative estimate of drug-likeness (QED) is 0.693. The first kappa shape index (κ1) is 21.0. The number of para-hydroxylation sites is 1. The highest BCUT2D eigenvalue weighted by atomic mass is 32.2. The molecule has 3 heterocycles. The molecule has 4 rings (SSSR count). The van der Waals surface area contributed by atoms with Crippen LogP contribution in [0.15, 0.2) is 35.4 Å². The Morgan fingerprint density at radius 1 is 1.30 bits per heavy atom. The number of methoxy groups -OCH3 is 1. The maximum absolute atomic E-state index is 13.3. The number of hydrogen-bond acceptors (Lipinski definition) is 6. The van der Waals surface area contributed by atoms with Crippen LogP contribution in [0.2, 0.25) is 0 Å². The van der Waals surface area contributed by atoms with Gasteiger partial charge in [0.25, 0.3) is 5.91 Å². The predicted octanol–water partition coefficient (Wildman–Crippen LogP) is 0.799. The maximum atomic E-state index is 13.3. The molecule has 1 atom stereocenters. The van der Waals surface area contributed by atoms with Gasteiger partial charge >= 0.3 is 0 Å². The third-order valence-corrected chi connectivity index (χ3v) is 7.75. The van der Waals surface area contributed by atoms with Gasteiger partial charge in [-0.3, -0.25) is 4.79 Å². The van der Waals surface area contributed by atoms with E-state index in [0.29, 0.717) is 36.1 Å². The summed E-state index contributed by atoms with van der Waals surface area (Å²) in [6.07, 6.45) is 2.48. The van der Waals surface area contributed by atoms with Crippen LogP contribution >= 0.6 is 0 Å². The van der Waals surface area contributed by atoms with E-state index in [4.69, 9.17) is 4.74 Å². The van der Waals surface area contributed by atoms with Crippen LogP contribution in [0, 0.1) is 0 Å². The topological polar surface area (TPSA) is 88.0 Å². The van der Waals surface area contributed by atoms with E-state index < -0.39 is 10.0 Å². The summed E-state index contributed by atoms with van der Waals surface area (Å²) in [5, 5.41) is 4.42. The lowest BCUT2D eigenvalue weighted by Gasteiger charge is -2.22. The molecule has 9 nitrogen and oxygen atoms in total. The minimum absolute atomic E-state index is 0.0619. The molecule has 1 unspecified atom stereocenters. The Hall–Kier alpha value is -2.27. The zero-order valence-corrected chi connectivity index (χ0v) is 18.3. The molecule has 2 aliphatic heterocycles. The number of hydrogen-bond donors (Lipinski definition) is 0. The van der Waals surface area contributed by atoms with E-state index in [1.807, 2.05) is 19.0 Å². The predicted molar refractivity (Wildman–Crippen MR) is 111 cm³/mol. The minimum atomic E-state index is -3.75. The summed E-state index contributed by atoms with van der Waals surface area (Å²) in [4.78, 5) is 17.4. The molecule has 10 heteroatoms.